The Morgan fingerprint density at radius 3 is 2.33 bits per heavy atom. The molecule has 0 saturated heterocycles. The zero-order valence-corrected chi connectivity index (χ0v) is 6.49. The van der Waals surface area contributed by atoms with E-state index in [1.165, 1.54) is 0 Å². The van der Waals surface area contributed by atoms with E-state index in [0.29, 0.717) is 5.84 Å². The molecule has 1 atom stereocenters. The summed E-state index contributed by atoms with van der Waals surface area (Å²) < 4.78 is 17.8. The van der Waals surface area contributed by atoms with Crippen molar-refractivity contribution in [2.75, 3.05) is 0 Å². The van der Waals surface area contributed by atoms with Crippen LogP contribution < -0.4 is 5.48 Å². The summed E-state index contributed by atoms with van der Waals surface area (Å²) in [6.45, 7) is 5.67. The molecule has 1 N–H and O–H groups in total. The summed E-state index contributed by atoms with van der Waals surface area (Å²) in [7, 11) is 0. The number of rotatable bonds is 0. The van der Waals surface area contributed by atoms with Crippen LogP contribution in [0.2, 0.25) is 0 Å². The van der Waals surface area contributed by atoms with Gasteiger partial charge in [0.05, 0.1) is 0 Å². The molecule has 4 nitrogen and oxygen atoms in total. The van der Waals surface area contributed by atoms with Crippen LogP contribution in [0.3, 0.4) is 0 Å². The van der Waals surface area contributed by atoms with E-state index in [1.807, 2.05) is 13.8 Å². The van der Waals surface area contributed by atoms with Crippen LogP contribution in [0.15, 0.2) is 4.40 Å². The topological polar surface area (TPSA) is 50.7 Å². The van der Waals surface area contributed by atoms with Gasteiger partial charge in [0.1, 0.15) is 5.84 Å². The molecule has 9 heavy (non-hydrogen) atoms. The molecule has 0 fully saturated rings. The summed E-state index contributed by atoms with van der Waals surface area (Å²) in [6, 6.07) is 0. The Morgan fingerprint density at radius 1 is 1.67 bits per heavy atom. The van der Waals surface area contributed by atoms with E-state index in [1.54, 1.807) is 6.92 Å². The van der Waals surface area contributed by atoms with E-state index < -0.39 is 11.3 Å². The first-order valence-electron chi connectivity index (χ1n) is 2.69. The first-order chi connectivity index (χ1) is 4.29. The Kier molecular flexibility index (Phi) is 4.25. The van der Waals surface area contributed by atoms with Crippen molar-refractivity contribution < 1.29 is 8.49 Å². The summed E-state index contributed by atoms with van der Waals surface area (Å²) >= 11 is -1.48. The maximum Gasteiger partial charge on any atom is 0.309 e. The standard InChI is InChI=1S/C2H4N2O2S.C2H6/c1-2-3-6-7(5)4-2;1-2/h1H3,(H,3,4);1-2H3. The minimum atomic E-state index is -1.48. The predicted molar refractivity (Wildman–Crippen MR) is 36.8 cm³/mol. The molecule has 0 bridgehead atoms. The molecule has 0 aliphatic carbocycles. The van der Waals surface area contributed by atoms with Crippen LogP contribution in [0, 0.1) is 0 Å². The molecular formula is C4H10N2O2S. The molecule has 1 unspecified atom stereocenters. The van der Waals surface area contributed by atoms with E-state index in [9.17, 15) is 4.21 Å². The van der Waals surface area contributed by atoms with Gasteiger partial charge < -0.3 is 0 Å². The monoisotopic (exact) mass is 150 g/mol. The van der Waals surface area contributed by atoms with Gasteiger partial charge in [-0.1, -0.05) is 13.8 Å². The lowest BCUT2D eigenvalue weighted by Crippen LogP contribution is -2.11. The van der Waals surface area contributed by atoms with Crippen molar-refractivity contribution in [2.24, 2.45) is 4.40 Å². The average molecular weight is 150 g/mol. The Labute approximate surface area is 57.1 Å². The highest BCUT2D eigenvalue weighted by molar-refractivity contribution is 7.79. The lowest BCUT2D eigenvalue weighted by molar-refractivity contribution is 0.304. The third-order valence-electron chi connectivity index (χ3n) is 0.472. The molecule has 0 amide bonds. The number of hydrogen-bond donors (Lipinski definition) is 1. The van der Waals surface area contributed by atoms with E-state index in [0.717, 1.165) is 0 Å². The zero-order valence-electron chi connectivity index (χ0n) is 5.67. The maximum atomic E-state index is 10.1. The Morgan fingerprint density at radius 2 is 2.22 bits per heavy atom. The largest absolute Gasteiger partial charge is 0.309 e. The van der Waals surface area contributed by atoms with Crippen molar-refractivity contribution in [3.63, 3.8) is 0 Å². The molecule has 5 heteroatoms. The van der Waals surface area contributed by atoms with Gasteiger partial charge in [-0.05, 0) is 6.92 Å². The molecule has 0 saturated carbocycles. The molecule has 1 rings (SSSR count). The van der Waals surface area contributed by atoms with E-state index in [2.05, 4.69) is 14.2 Å². The van der Waals surface area contributed by atoms with Gasteiger partial charge in [-0.25, -0.2) is 9.69 Å². The third-order valence-corrected chi connectivity index (χ3v) is 1.12. The Balaban J connectivity index is 0.000000291. The fraction of sp³-hybridized carbons (Fsp3) is 0.750. The van der Waals surface area contributed by atoms with Crippen LogP contribution in [-0.2, 0) is 15.6 Å². The van der Waals surface area contributed by atoms with E-state index in [-0.39, 0.29) is 0 Å². The Hall–Kier alpha value is -0.420. The van der Waals surface area contributed by atoms with Crippen molar-refractivity contribution in [1.82, 2.24) is 5.48 Å². The maximum absolute atomic E-state index is 10.1. The summed E-state index contributed by atoms with van der Waals surface area (Å²) in [5.74, 6) is 0.554. The summed E-state index contributed by atoms with van der Waals surface area (Å²) in [4.78, 5) is 0. The summed E-state index contributed by atoms with van der Waals surface area (Å²) in [6.07, 6.45) is 0. The van der Waals surface area contributed by atoms with Gasteiger partial charge >= 0.3 is 11.3 Å². The van der Waals surface area contributed by atoms with Crippen LogP contribution in [0.5, 0.6) is 0 Å². The number of nitrogens with zero attached hydrogens (tertiary/aromatic N) is 1. The van der Waals surface area contributed by atoms with E-state index >= 15 is 0 Å². The molecular weight excluding hydrogens is 140 g/mol. The minimum absolute atomic E-state index is 0.554. The number of hydrogen-bond acceptors (Lipinski definition) is 3. The second kappa shape index (κ2) is 4.46. The van der Waals surface area contributed by atoms with Gasteiger partial charge in [0.15, 0.2) is 0 Å². The van der Waals surface area contributed by atoms with Gasteiger partial charge in [0.25, 0.3) is 0 Å². The van der Waals surface area contributed by atoms with Crippen molar-refractivity contribution in [3.8, 4) is 0 Å². The van der Waals surface area contributed by atoms with Crippen molar-refractivity contribution in [3.05, 3.63) is 0 Å². The van der Waals surface area contributed by atoms with Gasteiger partial charge in [0, 0.05) is 0 Å². The van der Waals surface area contributed by atoms with E-state index in [4.69, 9.17) is 0 Å². The quantitative estimate of drug-likeness (QED) is 0.548. The van der Waals surface area contributed by atoms with Gasteiger partial charge in [0.2, 0.25) is 0 Å². The molecule has 1 aliphatic heterocycles. The molecule has 54 valence electrons. The third kappa shape index (κ3) is 3.21. The number of hydroxylamine groups is 1. The van der Waals surface area contributed by atoms with Crippen LogP contribution in [-0.4, -0.2) is 10.0 Å². The fourth-order valence-electron chi connectivity index (χ4n) is 0.245. The fourth-order valence-corrected chi connectivity index (χ4v) is 0.735. The second-order valence-electron chi connectivity index (χ2n) is 1.08. The summed E-state index contributed by atoms with van der Waals surface area (Å²) in [5.41, 5.74) is 2.32. The molecule has 0 radical (unpaired) electrons. The van der Waals surface area contributed by atoms with Crippen LogP contribution in [0.4, 0.5) is 0 Å². The first kappa shape index (κ1) is 8.58. The van der Waals surface area contributed by atoms with Crippen molar-refractivity contribution in [1.29, 1.82) is 0 Å². The highest BCUT2D eigenvalue weighted by atomic mass is 32.2. The van der Waals surface area contributed by atoms with Gasteiger partial charge in [-0.3, -0.25) is 0 Å². The van der Waals surface area contributed by atoms with Gasteiger partial charge in [-0.2, -0.15) is 4.28 Å². The second-order valence-corrected chi connectivity index (χ2v) is 1.86. The molecule has 0 spiro atoms. The summed E-state index contributed by atoms with van der Waals surface area (Å²) in [5, 5.41) is 0. The lowest BCUT2D eigenvalue weighted by Gasteiger charge is -1.83. The Bertz CT molecular complexity index is 135. The molecule has 0 aromatic rings. The predicted octanol–water partition coefficient (Wildman–Crippen LogP) is 0.544. The molecule has 1 aliphatic rings. The molecule has 0 aromatic carbocycles. The van der Waals surface area contributed by atoms with Crippen LogP contribution in [0.1, 0.15) is 20.8 Å². The number of nitrogens with one attached hydrogen (secondary N) is 1. The zero-order chi connectivity index (χ0) is 7.28. The van der Waals surface area contributed by atoms with Crippen molar-refractivity contribution in [2.45, 2.75) is 20.8 Å². The number of amidine groups is 1. The lowest BCUT2D eigenvalue weighted by atomic mass is 10.7. The molecule has 1 heterocycles. The highest BCUT2D eigenvalue weighted by Crippen LogP contribution is 1.91. The molecule has 0 aromatic heterocycles. The smallest absolute Gasteiger partial charge is 0.235 e. The van der Waals surface area contributed by atoms with Crippen LogP contribution >= 0.6 is 0 Å². The highest BCUT2D eigenvalue weighted by Gasteiger charge is 2.05. The average Bonchev–Trinajstić information content (AvgIpc) is 2.20. The van der Waals surface area contributed by atoms with Crippen LogP contribution in [0.25, 0.3) is 0 Å². The minimum Gasteiger partial charge on any atom is -0.235 e. The SMILES string of the molecule is CC.CC1=NS(=O)ON1. The van der Waals surface area contributed by atoms with Gasteiger partial charge in [-0.15, -0.1) is 4.40 Å². The first-order valence-corrected chi connectivity index (χ1v) is 3.73. The normalized spacial score (nSPS) is 23.4. The van der Waals surface area contributed by atoms with Crippen molar-refractivity contribution >= 4 is 17.1 Å².